The van der Waals surface area contributed by atoms with Crippen molar-refractivity contribution in [2.24, 2.45) is 11.1 Å². The molecule has 1 unspecified atom stereocenters. The first-order valence-corrected chi connectivity index (χ1v) is 5.42. The van der Waals surface area contributed by atoms with E-state index in [4.69, 9.17) is 10.5 Å². The summed E-state index contributed by atoms with van der Waals surface area (Å²) >= 11 is 0. The van der Waals surface area contributed by atoms with Crippen molar-refractivity contribution in [1.82, 2.24) is 0 Å². The zero-order chi connectivity index (χ0) is 12.4. The molecule has 0 aliphatic heterocycles. The summed E-state index contributed by atoms with van der Waals surface area (Å²) in [7, 11) is 1.62. The van der Waals surface area contributed by atoms with Gasteiger partial charge in [-0.1, -0.05) is 26.0 Å². The molecule has 0 amide bonds. The second-order valence-corrected chi connectivity index (χ2v) is 4.89. The number of hydrogen-bond donors (Lipinski definition) is 2. The molecule has 0 heterocycles. The average molecular weight is 223 g/mol. The van der Waals surface area contributed by atoms with Crippen LogP contribution in [-0.2, 0) is 5.60 Å². The number of rotatable bonds is 4. The van der Waals surface area contributed by atoms with Gasteiger partial charge in [-0.3, -0.25) is 0 Å². The van der Waals surface area contributed by atoms with Crippen LogP contribution in [0.1, 0.15) is 26.3 Å². The van der Waals surface area contributed by atoms with Gasteiger partial charge in [0.25, 0.3) is 0 Å². The summed E-state index contributed by atoms with van der Waals surface area (Å²) in [6.07, 6.45) is 0. The van der Waals surface area contributed by atoms with E-state index in [2.05, 4.69) is 0 Å². The Morgan fingerprint density at radius 2 is 1.69 bits per heavy atom. The third kappa shape index (κ3) is 2.20. The summed E-state index contributed by atoms with van der Waals surface area (Å²) in [5.41, 5.74) is 5.23. The van der Waals surface area contributed by atoms with E-state index >= 15 is 0 Å². The lowest BCUT2D eigenvalue weighted by atomic mass is 9.72. The highest BCUT2D eigenvalue weighted by Gasteiger charge is 2.39. The van der Waals surface area contributed by atoms with Crippen LogP contribution in [0.25, 0.3) is 0 Å². The van der Waals surface area contributed by atoms with Gasteiger partial charge < -0.3 is 15.6 Å². The monoisotopic (exact) mass is 223 g/mol. The third-order valence-corrected chi connectivity index (χ3v) is 3.48. The molecular weight excluding hydrogens is 202 g/mol. The molecule has 1 atom stereocenters. The van der Waals surface area contributed by atoms with Gasteiger partial charge in [0.2, 0.25) is 0 Å². The van der Waals surface area contributed by atoms with E-state index in [-0.39, 0.29) is 5.41 Å². The molecule has 0 radical (unpaired) electrons. The molecule has 3 N–H and O–H groups in total. The van der Waals surface area contributed by atoms with E-state index in [0.717, 1.165) is 11.3 Å². The van der Waals surface area contributed by atoms with Crippen molar-refractivity contribution < 1.29 is 9.84 Å². The molecule has 3 heteroatoms. The van der Waals surface area contributed by atoms with Crippen LogP contribution in [0.2, 0.25) is 0 Å². The van der Waals surface area contributed by atoms with Crippen LogP contribution in [0, 0.1) is 5.41 Å². The van der Waals surface area contributed by atoms with Crippen LogP contribution in [0.3, 0.4) is 0 Å². The maximum Gasteiger partial charge on any atom is 0.118 e. The van der Waals surface area contributed by atoms with Gasteiger partial charge in [-0.15, -0.1) is 0 Å². The molecular formula is C13H21NO2. The van der Waals surface area contributed by atoms with Crippen molar-refractivity contribution in [3.8, 4) is 5.75 Å². The van der Waals surface area contributed by atoms with Crippen molar-refractivity contribution in [3.05, 3.63) is 29.8 Å². The SMILES string of the molecule is COc1ccc(C(C)(O)C(C)(C)CN)cc1. The second-order valence-electron chi connectivity index (χ2n) is 4.89. The fourth-order valence-corrected chi connectivity index (χ4v) is 1.51. The molecule has 16 heavy (non-hydrogen) atoms. The summed E-state index contributed by atoms with van der Waals surface area (Å²) in [5, 5.41) is 10.6. The number of benzene rings is 1. The second kappa shape index (κ2) is 4.44. The van der Waals surface area contributed by atoms with E-state index in [0.29, 0.717) is 6.54 Å². The fraction of sp³-hybridized carbons (Fsp3) is 0.538. The first-order valence-electron chi connectivity index (χ1n) is 5.42. The lowest BCUT2D eigenvalue weighted by Gasteiger charge is -2.39. The standard InChI is InChI=1S/C13H21NO2/c1-12(2,9-14)13(3,15)10-5-7-11(16-4)8-6-10/h5-8,15H,9,14H2,1-4H3. The highest BCUT2D eigenvalue weighted by molar-refractivity contribution is 5.31. The molecule has 0 bridgehead atoms. The lowest BCUT2D eigenvalue weighted by molar-refractivity contribution is -0.0521. The van der Waals surface area contributed by atoms with Crippen molar-refractivity contribution in [2.45, 2.75) is 26.4 Å². The Labute approximate surface area is 97.2 Å². The minimum atomic E-state index is -0.950. The third-order valence-electron chi connectivity index (χ3n) is 3.48. The number of methoxy groups -OCH3 is 1. The molecule has 0 aliphatic carbocycles. The molecule has 0 saturated carbocycles. The van der Waals surface area contributed by atoms with Gasteiger partial charge in [-0.25, -0.2) is 0 Å². The Morgan fingerprint density at radius 1 is 1.19 bits per heavy atom. The Balaban J connectivity index is 3.07. The smallest absolute Gasteiger partial charge is 0.118 e. The highest BCUT2D eigenvalue weighted by atomic mass is 16.5. The number of hydrogen-bond acceptors (Lipinski definition) is 3. The van der Waals surface area contributed by atoms with Crippen LogP contribution in [0.15, 0.2) is 24.3 Å². The largest absolute Gasteiger partial charge is 0.497 e. The van der Waals surface area contributed by atoms with Crippen LogP contribution >= 0.6 is 0 Å². The zero-order valence-corrected chi connectivity index (χ0v) is 10.4. The summed E-state index contributed by atoms with van der Waals surface area (Å²) in [6.45, 7) is 6.13. The topological polar surface area (TPSA) is 55.5 Å². The van der Waals surface area contributed by atoms with Crippen molar-refractivity contribution >= 4 is 0 Å². The van der Waals surface area contributed by atoms with Gasteiger partial charge in [-0.2, -0.15) is 0 Å². The minimum Gasteiger partial charge on any atom is -0.497 e. The molecule has 0 aliphatic rings. The minimum absolute atomic E-state index is 0.373. The highest BCUT2D eigenvalue weighted by Crippen LogP contribution is 2.38. The molecule has 0 fully saturated rings. The van der Waals surface area contributed by atoms with E-state index < -0.39 is 5.60 Å². The normalized spacial score (nSPS) is 15.6. The van der Waals surface area contributed by atoms with E-state index in [1.54, 1.807) is 14.0 Å². The number of nitrogens with two attached hydrogens (primary N) is 1. The van der Waals surface area contributed by atoms with Crippen LogP contribution < -0.4 is 10.5 Å². The summed E-state index contributed by atoms with van der Waals surface area (Å²) in [6, 6.07) is 7.43. The molecule has 90 valence electrons. The van der Waals surface area contributed by atoms with Gasteiger partial charge in [-0.05, 0) is 24.6 Å². The van der Waals surface area contributed by atoms with Gasteiger partial charge >= 0.3 is 0 Å². The van der Waals surface area contributed by atoms with Crippen molar-refractivity contribution in [3.63, 3.8) is 0 Å². The Morgan fingerprint density at radius 3 is 2.06 bits per heavy atom. The molecule has 1 aromatic carbocycles. The molecule has 1 rings (SSSR count). The van der Waals surface area contributed by atoms with Crippen LogP contribution in [0.4, 0.5) is 0 Å². The molecule has 0 aromatic heterocycles. The first-order chi connectivity index (χ1) is 7.35. The fourth-order valence-electron chi connectivity index (χ4n) is 1.51. The first kappa shape index (κ1) is 13.0. The Bertz CT molecular complexity index is 341. The summed E-state index contributed by atoms with van der Waals surface area (Å²) < 4.78 is 5.09. The van der Waals surface area contributed by atoms with Gasteiger partial charge in [0.15, 0.2) is 0 Å². The number of ether oxygens (including phenoxy) is 1. The predicted octanol–water partition coefficient (Wildman–Crippen LogP) is 1.89. The van der Waals surface area contributed by atoms with E-state index in [9.17, 15) is 5.11 Å². The molecule has 0 saturated heterocycles. The predicted molar refractivity (Wildman–Crippen MR) is 65.4 cm³/mol. The van der Waals surface area contributed by atoms with E-state index in [1.807, 2.05) is 38.1 Å². The van der Waals surface area contributed by atoms with Crippen molar-refractivity contribution in [1.29, 1.82) is 0 Å². The maximum atomic E-state index is 10.6. The van der Waals surface area contributed by atoms with Gasteiger partial charge in [0.1, 0.15) is 5.75 Å². The van der Waals surface area contributed by atoms with Crippen molar-refractivity contribution in [2.75, 3.05) is 13.7 Å². The van der Waals surface area contributed by atoms with Crippen LogP contribution in [0.5, 0.6) is 5.75 Å². The lowest BCUT2D eigenvalue weighted by Crippen LogP contribution is -2.44. The quantitative estimate of drug-likeness (QED) is 0.819. The van der Waals surface area contributed by atoms with E-state index in [1.165, 1.54) is 0 Å². The Hall–Kier alpha value is -1.06. The molecule has 1 aromatic rings. The summed E-state index contributed by atoms with van der Waals surface area (Å²) in [4.78, 5) is 0. The maximum absolute atomic E-state index is 10.6. The average Bonchev–Trinajstić information content (AvgIpc) is 2.29. The van der Waals surface area contributed by atoms with Crippen LogP contribution in [-0.4, -0.2) is 18.8 Å². The molecule has 0 spiro atoms. The Kier molecular flexibility index (Phi) is 3.61. The zero-order valence-electron chi connectivity index (χ0n) is 10.4. The summed E-state index contributed by atoms with van der Waals surface area (Å²) in [5.74, 6) is 0.783. The number of aliphatic hydroxyl groups is 1. The molecule has 3 nitrogen and oxygen atoms in total. The van der Waals surface area contributed by atoms with Gasteiger partial charge in [0, 0.05) is 12.0 Å². The van der Waals surface area contributed by atoms with Gasteiger partial charge in [0.05, 0.1) is 12.7 Å².